The summed E-state index contributed by atoms with van der Waals surface area (Å²) in [7, 11) is 1.74. The third-order valence-electron chi connectivity index (χ3n) is 7.62. The largest absolute Gasteiger partial charge is 0.493 e. The highest BCUT2D eigenvalue weighted by atomic mass is 16.5. The van der Waals surface area contributed by atoms with Crippen LogP contribution in [0.3, 0.4) is 0 Å². The number of methoxy groups -OCH3 is 1. The first-order valence-electron chi connectivity index (χ1n) is 12.6. The fraction of sp³-hybridized carbons (Fsp3) is 0.667. The number of likely N-dealkylation sites (tertiary alicyclic amines) is 1. The van der Waals surface area contributed by atoms with Crippen LogP contribution in [-0.4, -0.2) is 49.8 Å². The lowest BCUT2D eigenvalue weighted by Crippen LogP contribution is -2.35. The second-order valence-corrected chi connectivity index (χ2v) is 10.9. The van der Waals surface area contributed by atoms with Gasteiger partial charge in [-0.15, -0.1) is 0 Å². The molecule has 5 heteroatoms. The van der Waals surface area contributed by atoms with Crippen molar-refractivity contribution in [3.8, 4) is 11.5 Å². The number of hydrogen-bond donors (Lipinski definition) is 1. The third-order valence-corrected chi connectivity index (χ3v) is 7.62. The van der Waals surface area contributed by atoms with Gasteiger partial charge in [-0.2, -0.15) is 0 Å². The summed E-state index contributed by atoms with van der Waals surface area (Å²) in [6, 6.07) is 4.24. The van der Waals surface area contributed by atoms with Gasteiger partial charge < -0.3 is 19.7 Å². The van der Waals surface area contributed by atoms with Crippen LogP contribution in [0.15, 0.2) is 12.1 Å². The summed E-state index contributed by atoms with van der Waals surface area (Å²) in [5.74, 6) is 2.40. The fourth-order valence-corrected chi connectivity index (χ4v) is 6.12. The maximum atomic E-state index is 6.19. The van der Waals surface area contributed by atoms with E-state index in [0.29, 0.717) is 12.0 Å². The third kappa shape index (κ3) is 4.54. The molecule has 0 atom stereocenters. The van der Waals surface area contributed by atoms with Gasteiger partial charge in [0.15, 0.2) is 11.5 Å². The number of fused-ring (bicyclic) bond motifs is 2. The van der Waals surface area contributed by atoms with E-state index in [1.165, 1.54) is 67.5 Å². The van der Waals surface area contributed by atoms with E-state index in [-0.39, 0.29) is 0 Å². The van der Waals surface area contributed by atoms with Crippen LogP contribution < -0.4 is 14.8 Å². The molecule has 0 spiro atoms. The zero-order valence-electron chi connectivity index (χ0n) is 20.1. The van der Waals surface area contributed by atoms with Crippen LogP contribution in [0.1, 0.15) is 63.6 Å². The summed E-state index contributed by atoms with van der Waals surface area (Å²) in [4.78, 5) is 7.58. The van der Waals surface area contributed by atoms with Gasteiger partial charge in [-0.1, -0.05) is 13.8 Å². The Bertz CT molecular complexity index is 957. The van der Waals surface area contributed by atoms with E-state index >= 15 is 0 Å². The topological polar surface area (TPSA) is 46.6 Å². The number of aromatic nitrogens is 1. The minimum absolute atomic E-state index is 0.513. The minimum Gasteiger partial charge on any atom is -0.493 e. The smallest absolute Gasteiger partial charge is 0.163 e. The quantitative estimate of drug-likeness (QED) is 0.529. The van der Waals surface area contributed by atoms with E-state index in [1.807, 2.05) is 0 Å². The van der Waals surface area contributed by atoms with Crippen LogP contribution in [0, 0.1) is 11.3 Å². The minimum atomic E-state index is 0.513. The summed E-state index contributed by atoms with van der Waals surface area (Å²) in [5, 5.41) is 5.01. The molecule has 0 amide bonds. The Morgan fingerprint density at radius 3 is 2.66 bits per heavy atom. The van der Waals surface area contributed by atoms with Crippen molar-refractivity contribution in [3.63, 3.8) is 0 Å². The number of benzene rings is 1. The number of rotatable bonds is 9. The highest BCUT2D eigenvalue weighted by Gasteiger charge is 2.35. The second-order valence-electron chi connectivity index (χ2n) is 10.9. The Balaban J connectivity index is 1.34. The lowest BCUT2D eigenvalue weighted by Gasteiger charge is -2.43. The molecule has 5 nitrogen and oxygen atoms in total. The molecule has 1 aliphatic heterocycles. The van der Waals surface area contributed by atoms with Crippen molar-refractivity contribution in [2.45, 2.75) is 65.2 Å². The van der Waals surface area contributed by atoms with E-state index in [1.54, 1.807) is 7.11 Å². The van der Waals surface area contributed by atoms with Gasteiger partial charge in [-0.05, 0) is 87.4 Å². The number of hydrogen-bond acceptors (Lipinski definition) is 5. The molecule has 3 aliphatic rings. The molecule has 1 aromatic carbocycles. The number of anilines is 1. The fourth-order valence-electron chi connectivity index (χ4n) is 6.12. The average Bonchev–Trinajstić information content (AvgIpc) is 3.44. The molecule has 32 heavy (non-hydrogen) atoms. The van der Waals surface area contributed by atoms with Crippen molar-refractivity contribution in [3.05, 3.63) is 23.4 Å². The van der Waals surface area contributed by atoms with Crippen LogP contribution in [0.5, 0.6) is 11.5 Å². The normalized spacial score (nSPS) is 20.3. The molecule has 1 saturated heterocycles. The first kappa shape index (κ1) is 21.8. The van der Waals surface area contributed by atoms with Gasteiger partial charge in [0.05, 0.1) is 19.2 Å². The standard InChI is InChI=1S/C27H39N3O2/c1-27(2)16-19(17-27)18-28-26-20-8-6-9-22(20)29-23-15-25(24(31-3)14-21(23)26)32-13-7-12-30-10-4-5-11-30/h14-15,19H,4-13,16-18H2,1-3H3,(H,28,29). The van der Waals surface area contributed by atoms with Crippen LogP contribution in [0.2, 0.25) is 0 Å². The van der Waals surface area contributed by atoms with Gasteiger partial charge in [-0.25, -0.2) is 0 Å². The Hall–Kier alpha value is -2.01. The van der Waals surface area contributed by atoms with Crippen LogP contribution in [0.4, 0.5) is 5.69 Å². The molecule has 5 rings (SSSR count). The van der Waals surface area contributed by atoms with Crippen molar-refractivity contribution in [1.82, 2.24) is 9.88 Å². The Kier molecular flexibility index (Phi) is 6.20. The molecule has 0 unspecified atom stereocenters. The van der Waals surface area contributed by atoms with Gasteiger partial charge >= 0.3 is 0 Å². The lowest BCUT2D eigenvalue weighted by molar-refractivity contribution is 0.106. The molecule has 1 saturated carbocycles. The van der Waals surface area contributed by atoms with Gasteiger partial charge in [0.25, 0.3) is 0 Å². The van der Waals surface area contributed by atoms with E-state index in [4.69, 9.17) is 14.5 Å². The molecular formula is C27H39N3O2. The van der Waals surface area contributed by atoms with Crippen molar-refractivity contribution in [2.24, 2.45) is 11.3 Å². The summed E-state index contributed by atoms with van der Waals surface area (Å²) in [6.45, 7) is 10.1. The molecule has 1 aromatic heterocycles. The Labute approximate surface area is 192 Å². The van der Waals surface area contributed by atoms with E-state index < -0.39 is 0 Å². The summed E-state index contributed by atoms with van der Waals surface area (Å²) in [5.41, 5.74) is 5.50. The lowest BCUT2D eigenvalue weighted by atomic mass is 9.64. The van der Waals surface area contributed by atoms with E-state index in [0.717, 1.165) is 55.3 Å². The molecule has 1 N–H and O–H groups in total. The van der Waals surface area contributed by atoms with E-state index in [2.05, 4.69) is 36.2 Å². The Morgan fingerprint density at radius 2 is 1.91 bits per heavy atom. The van der Waals surface area contributed by atoms with E-state index in [9.17, 15) is 0 Å². The molecule has 0 radical (unpaired) electrons. The zero-order valence-corrected chi connectivity index (χ0v) is 20.1. The first-order chi connectivity index (χ1) is 15.5. The van der Waals surface area contributed by atoms with Crippen LogP contribution in [-0.2, 0) is 12.8 Å². The van der Waals surface area contributed by atoms with Gasteiger partial charge in [0, 0.05) is 35.9 Å². The second kappa shape index (κ2) is 9.09. The number of nitrogens with one attached hydrogen (secondary N) is 1. The molecule has 2 heterocycles. The Morgan fingerprint density at radius 1 is 1.09 bits per heavy atom. The van der Waals surface area contributed by atoms with Gasteiger partial charge in [0.1, 0.15) is 0 Å². The first-order valence-corrected chi connectivity index (χ1v) is 12.6. The van der Waals surface area contributed by atoms with Crippen molar-refractivity contribution >= 4 is 16.6 Å². The highest BCUT2D eigenvalue weighted by molar-refractivity contribution is 5.96. The summed E-state index contributed by atoms with van der Waals surface area (Å²) < 4.78 is 11.9. The summed E-state index contributed by atoms with van der Waals surface area (Å²) >= 11 is 0. The number of pyridine rings is 1. The number of ether oxygens (including phenoxy) is 2. The number of nitrogens with zero attached hydrogens (tertiary/aromatic N) is 2. The molecule has 2 aromatic rings. The maximum Gasteiger partial charge on any atom is 0.163 e. The van der Waals surface area contributed by atoms with Gasteiger partial charge in [0.2, 0.25) is 0 Å². The maximum absolute atomic E-state index is 6.19. The van der Waals surface area contributed by atoms with Crippen molar-refractivity contribution in [2.75, 3.05) is 45.2 Å². The zero-order chi connectivity index (χ0) is 22.1. The molecular weight excluding hydrogens is 398 g/mol. The van der Waals surface area contributed by atoms with Crippen molar-refractivity contribution in [1.29, 1.82) is 0 Å². The molecule has 174 valence electrons. The van der Waals surface area contributed by atoms with Crippen LogP contribution >= 0.6 is 0 Å². The highest BCUT2D eigenvalue weighted by Crippen LogP contribution is 2.45. The molecule has 2 fully saturated rings. The average molecular weight is 438 g/mol. The molecule has 0 bridgehead atoms. The monoisotopic (exact) mass is 437 g/mol. The SMILES string of the molecule is COc1cc2c(NCC3CC(C)(C)C3)c3c(nc2cc1OCCCN1CCCC1)CCC3. The van der Waals surface area contributed by atoms with Gasteiger partial charge in [-0.3, -0.25) is 4.98 Å². The van der Waals surface area contributed by atoms with Crippen molar-refractivity contribution < 1.29 is 9.47 Å². The molecule has 2 aliphatic carbocycles. The van der Waals surface area contributed by atoms with Crippen LogP contribution in [0.25, 0.3) is 10.9 Å². The number of aryl methyl sites for hydroxylation is 1. The summed E-state index contributed by atoms with van der Waals surface area (Å²) in [6.07, 6.45) is 9.73. The predicted molar refractivity (Wildman–Crippen MR) is 131 cm³/mol. The predicted octanol–water partition coefficient (Wildman–Crippen LogP) is 5.44.